The van der Waals surface area contributed by atoms with Crippen LogP contribution in [-0.4, -0.2) is 45.9 Å². The third-order valence-electron chi connectivity index (χ3n) is 7.78. The Kier molecular flexibility index (Phi) is 11.1. The van der Waals surface area contributed by atoms with Crippen LogP contribution < -0.4 is 15.3 Å². The number of para-hydroxylation sites is 1. The van der Waals surface area contributed by atoms with Crippen molar-refractivity contribution in [2.75, 3.05) is 18.9 Å². The number of anilines is 1. The van der Waals surface area contributed by atoms with Crippen molar-refractivity contribution in [3.05, 3.63) is 72.6 Å². The van der Waals surface area contributed by atoms with Crippen molar-refractivity contribution in [1.29, 1.82) is 0 Å². The van der Waals surface area contributed by atoms with Crippen LogP contribution in [0.15, 0.2) is 66.7 Å². The van der Waals surface area contributed by atoms with E-state index in [4.69, 9.17) is 29.2 Å². The molecule has 0 spiro atoms. The van der Waals surface area contributed by atoms with Crippen molar-refractivity contribution in [1.82, 2.24) is 19.6 Å². The minimum atomic E-state index is -4.19. The highest BCUT2D eigenvalue weighted by molar-refractivity contribution is 7.52. The van der Waals surface area contributed by atoms with Crippen LogP contribution in [0.25, 0.3) is 32.7 Å². The second-order valence-electron chi connectivity index (χ2n) is 11.7. The molecule has 0 radical (unpaired) electrons. The molecule has 5 aromatic rings. The standard InChI is InChI=1S/C35H44N5O6P/c1-6-8-16-26(40-31(22-43-7-2)38-32-33(40)28-18-11-12-19-29(28)37-34(32)36)21-44-47(42,39-24(5)35(41)45-23(3)4)46-30-20-13-15-25-14-9-10-17-27(25)30/h9-15,17-20,23-24,26H,6-8,16,21-22H2,1-5H3,(H2,36,37)(H,39,42)/t24-,26-,47+/m0/s1. The zero-order valence-corrected chi connectivity index (χ0v) is 28.5. The normalized spacial score (nSPS) is 14.4. The van der Waals surface area contributed by atoms with Crippen LogP contribution in [0, 0.1) is 0 Å². The molecule has 47 heavy (non-hydrogen) atoms. The summed E-state index contributed by atoms with van der Waals surface area (Å²) in [6.45, 7) is 9.84. The van der Waals surface area contributed by atoms with E-state index in [1.165, 1.54) is 0 Å². The number of ether oxygens (including phenoxy) is 2. The minimum Gasteiger partial charge on any atom is -0.462 e. The number of nitrogen functional groups attached to an aromatic ring is 1. The Bertz CT molecular complexity index is 1890. The molecule has 3 N–H and O–H groups in total. The summed E-state index contributed by atoms with van der Waals surface area (Å²) in [5.74, 6) is 0.767. The number of unbranched alkanes of at least 4 members (excludes halogenated alkanes) is 1. The van der Waals surface area contributed by atoms with Crippen LogP contribution in [0.1, 0.15) is 65.7 Å². The molecule has 0 saturated heterocycles. The molecule has 11 nitrogen and oxygen atoms in total. The van der Waals surface area contributed by atoms with Gasteiger partial charge in [0.25, 0.3) is 0 Å². The van der Waals surface area contributed by atoms with Gasteiger partial charge in [-0.15, -0.1) is 0 Å². The number of nitrogens with two attached hydrogens (primary N) is 1. The lowest BCUT2D eigenvalue weighted by Crippen LogP contribution is -2.36. The van der Waals surface area contributed by atoms with Gasteiger partial charge in [-0.25, -0.2) is 14.5 Å². The fourth-order valence-electron chi connectivity index (χ4n) is 5.59. The largest absolute Gasteiger partial charge is 0.462 e. The molecule has 3 atom stereocenters. The van der Waals surface area contributed by atoms with E-state index < -0.39 is 19.8 Å². The molecule has 2 heterocycles. The first kappa shape index (κ1) is 34.3. The Morgan fingerprint density at radius 1 is 0.979 bits per heavy atom. The number of fused-ring (bicyclic) bond motifs is 4. The second kappa shape index (κ2) is 15.3. The molecule has 3 aromatic carbocycles. The van der Waals surface area contributed by atoms with Gasteiger partial charge in [0.05, 0.1) is 29.8 Å². The number of rotatable bonds is 16. The Balaban J connectivity index is 1.57. The maximum Gasteiger partial charge on any atom is 0.459 e. The van der Waals surface area contributed by atoms with Crippen LogP contribution in [-0.2, 0) is 30.0 Å². The summed E-state index contributed by atoms with van der Waals surface area (Å²) in [5.41, 5.74) is 8.56. The number of hydrogen-bond donors (Lipinski definition) is 2. The van der Waals surface area contributed by atoms with Crippen molar-refractivity contribution in [2.24, 2.45) is 0 Å². The van der Waals surface area contributed by atoms with E-state index in [2.05, 4.69) is 21.6 Å². The Morgan fingerprint density at radius 2 is 1.70 bits per heavy atom. The molecule has 0 bridgehead atoms. The monoisotopic (exact) mass is 661 g/mol. The first-order chi connectivity index (χ1) is 22.6. The third-order valence-corrected chi connectivity index (χ3v) is 9.41. The number of aromatic nitrogens is 3. The summed E-state index contributed by atoms with van der Waals surface area (Å²) in [7, 11) is -4.19. The Hall–Kier alpha value is -4.02. The summed E-state index contributed by atoms with van der Waals surface area (Å²) in [6, 6.07) is 19.6. The summed E-state index contributed by atoms with van der Waals surface area (Å²) in [5, 5.41) is 5.40. The van der Waals surface area contributed by atoms with Gasteiger partial charge >= 0.3 is 13.7 Å². The highest BCUT2D eigenvalue weighted by atomic mass is 31.2. The molecule has 0 unspecified atom stereocenters. The molecular weight excluding hydrogens is 617 g/mol. The van der Waals surface area contributed by atoms with E-state index in [-0.39, 0.29) is 25.4 Å². The molecular formula is C35H44N5O6P. The van der Waals surface area contributed by atoms with Gasteiger partial charge in [0.1, 0.15) is 29.7 Å². The number of hydrogen-bond acceptors (Lipinski definition) is 9. The minimum absolute atomic E-state index is 0.0257. The van der Waals surface area contributed by atoms with E-state index in [0.29, 0.717) is 35.9 Å². The molecule has 12 heteroatoms. The lowest BCUT2D eigenvalue weighted by molar-refractivity contribution is -0.149. The number of nitrogens with one attached hydrogen (secondary N) is 1. The summed E-state index contributed by atoms with van der Waals surface area (Å²) >= 11 is 0. The number of nitrogens with zero attached hydrogens (tertiary/aromatic N) is 3. The van der Waals surface area contributed by atoms with Crippen LogP contribution in [0.2, 0.25) is 0 Å². The number of esters is 1. The quantitative estimate of drug-likeness (QED) is 0.0798. The topological polar surface area (TPSA) is 140 Å². The van der Waals surface area contributed by atoms with Crippen molar-refractivity contribution in [2.45, 2.75) is 78.7 Å². The number of carbonyl (C=O) groups is 1. The van der Waals surface area contributed by atoms with Crippen molar-refractivity contribution >= 4 is 52.2 Å². The maximum atomic E-state index is 14.7. The number of benzene rings is 3. The van der Waals surface area contributed by atoms with E-state index in [9.17, 15) is 9.36 Å². The zero-order chi connectivity index (χ0) is 33.6. The average Bonchev–Trinajstić information content (AvgIpc) is 3.44. The van der Waals surface area contributed by atoms with E-state index in [1.54, 1.807) is 26.8 Å². The van der Waals surface area contributed by atoms with Crippen molar-refractivity contribution in [3.63, 3.8) is 0 Å². The predicted molar refractivity (Wildman–Crippen MR) is 185 cm³/mol. The first-order valence-corrected chi connectivity index (χ1v) is 17.7. The van der Waals surface area contributed by atoms with Gasteiger partial charge in [0.2, 0.25) is 0 Å². The van der Waals surface area contributed by atoms with Gasteiger partial charge in [0, 0.05) is 17.4 Å². The predicted octanol–water partition coefficient (Wildman–Crippen LogP) is 7.72. The highest BCUT2D eigenvalue weighted by Crippen LogP contribution is 2.48. The Labute approximate surface area is 275 Å². The van der Waals surface area contributed by atoms with Crippen molar-refractivity contribution < 1.29 is 27.9 Å². The smallest absolute Gasteiger partial charge is 0.459 e. The van der Waals surface area contributed by atoms with Crippen LogP contribution >= 0.6 is 7.75 Å². The molecule has 0 aliphatic rings. The molecule has 0 aliphatic heterocycles. The average molecular weight is 662 g/mol. The van der Waals surface area contributed by atoms with E-state index >= 15 is 0 Å². The molecule has 0 amide bonds. The number of imidazole rings is 1. The lowest BCUT2D eigenvalue weighted by atomic mass is 10.1. The van der Waals surface area contributed by atoms with Gasteiger partial charge in [-0.2, -0.15) is 5.09 Å². The molecule has 0 saturated carbocycles. The Morgan fingerprint density at radius 3 is 2.45 bits per heavy atom. The highest BCUT2D eigenvalue weighted by Gasteiger charge is 2.35. The molecule has 0 fully saturated rings. The van der Waals surface area contributed by atoms with Crippen LogP contribution in [0.5, 0.6) is 5.75 Å². The molecule has 5 rings (SSSR count). The van der Waals surface area contributed by atoms with Gasteiger partial charge in [-0.3, -0.25) is 9.32 Å². The second-order valence-corrected chi connectivity index (χ2v) is 13.4. The lowest BCUT2D eigenvalue weighted by Gasteiger charge is -2.27. The maximum absolute atomic E-state index is 14.7. The van der Waals surface area contributed by atoms with Crippen molar-refractivity contribution in [3.8, 4) is 5.75 Å². The van der Waals surface area contributed by atoms with Gasteiger partial charge in [-0.05, 0) is 51.6 Å². The first-order valence-electron chi connectivity index (χ1n) is 16.2. The number of pyridine rings is 1. The zero-order valence-electron chi connectivity index (χ0n) is 27.6. The molecule has 2 aromatic heterocycles. The third kappa shape index (κ3) is 7.93. The van der Waals surface area contributed by atoms with Crippen LogP contribution in [0.4, 0.5) is 5.82 Å². The van der Waals surface area contributed by atoms with E-state index in [1.807, 2.05) is 67.6 Å². The number of carbonyl (C=O) groups excluding carboxylic acids is 1. The van der Waals surface area contributed by atoms with Gasteiger partial charge in [0.15, 0.2) is 5.82 Å². The summed E-state index contributed by atoms with van der Waals surface area (Å²) < 4.78 is 40.6. The summed E-state index contributed by atoms with van der Waals surface area (Å²) in [4.78, 5) is 22.3. The SMILES string of the molecule is CCCC[C@@H](CO[P@](=O)(N[C@@H](C)C(=O)OC(C)C)Oc1cccc2ccccc12)n1c(COCC)nc2c(N)nc3ccccc3c21. The summed E-state index contributed by atoms with van der Waals surface area (Å²) in [6.07, 6.45) is 2.12. The fraction of sp³-hybridized carbons (Fsp3) is 0.400. The van der Waals surface area contributed by atoms with Crippen LogP contribution in [0.3, 0.4) is 0 Å². The van der Waals surface area contributed by atoms with E-state index in [0.717, 1.165) is 40.0 Å². The fourth-order valence-corrected chi connectivity index (χ4v) is 7.13. The molecule has 0 aliphatic carbocycles. The van der Waals surface area contributed by atoms with Gasteiger partial charge < -0.3 is 24.3 Å². The molecule has 250 valence electrons. The van der Waals surface area contributed by atoms with Gasteiger partial charge in [-0.1, -0.05) is 74.4 Å².